The Hall–Kier alpha value is -9.48. The topological polar surface area (TPSA) is 127 Å². The largest absolute Gasteiger partial charge is 0.489 e. The van der Waals surface area contributed by atoms with Gasteiger partial charge in [-0.2, -0.15) is 0 Å². The average molecular weight is 1480 g/mol. The molecule has 4 saturated heterocycles. The van der Waals surface area contributed by atoms with Gasteiger partial charge in [0.15, 0.2) is 5.78 Å². The monoisotopic (exact) mass is 1480 g/mol. The minimum absolute atomic E-state index is 0.00599. The highest BCUT2D eigenvalue weighted by Crippen LogP contribution is 2.31. The number of benzene rings is 8. The summed E-state index contributed by atoms with van der Waals surface area (Å²) in [5, 5.41) is 0. The Balaban J connectivity index is 0.000000166. The van der Waals surface area contributed by atoms with Gasteiger partial charge in [0.05, 0.1) is 32.8 Å². The average Bonchev–Trinajstić information content (AvgIpc) is 0.826. The van der Waals surface area contributed by atoms with Crippen LogP contribution in [0.15, 0.2) is 194 Å². The van der Waals surface area contributed by atoms with E-state index in [-0.39, 0.29) is 71.4 Å². The summed E-state index contributed by atoms with van der Waals surface area (Å²) in [5.41, 5.74) is 7.32. The Morgan fingerprint density at radius 2 is 0.704 bits per heavy atom. The minimum atomic E-state index is -0.510. The van der Waals surface area contributed by atoms with Crippen LogP contribution < -0.4 is 38.5 Å². The van der Waals surface area contributed by atoms with Crippen molar-refractivity contribution in [2.75, 3.05) is 85.2 Å². The molecule has 17 heteroatoms. The summed E-state index contributed by atoms with van der Waals surface area (Å²) in [4.78, 5) is 52.8. The molecule has 0 aromatic heterocycles. The highest BCUT2D eigenvalue weighted by Gasteiger charge is 2.27. The first-order valence-corrected chi connectivity index (χ1v) is 39.0. The molecule has 0 spiro atoms. The number of carbonyl (C=O) groups excluding carboxylic acids is 4. The van der Waals surface area contributed by atoms with Gasteiger partial charge in [0.2, 0.25) is 0 Å². The van der Waals surface area contributed by atoms with Crippen LogP contribution >= 0.6 is 0 Å². The van der Waals surface area contributed by atoms with E-state index in [0.717, 1.165) is 170 Å². The first kappa shape index (κ1) is 82.6. The van der Waals surface area contributed by atoms with Crippen LogP contribution in [0.1, 0.15) is 159 Å². The van der Waals surface area contributed by atoms with Crippen molar-refractivity contribution < 1.29 is 60.4 Å². The predicted molar refractivity (Wildman–Crippen MR) is 425 cm³/mol. The van der Waals surface area contributed by atoms with Crippen molar-refractivity contribution >= 4 is 45.9 Å². The van der Waals surface area contributed by atoms with Crippen LogP contribution in [-0.4, -0.2) is 113 Å². The highest BCUT2D eigenvalue weighted by molar-refractivity contribution is 5.77. The molecule has 8 aromatic carbocycles. The number of hydrogen-bond donors (Lipinski definition) is 0. The number of unbranched alkanes of at least 4 members (excludes halogenated alkanes) is 3. The number of Topliss-reactive ketones (excluding diaryl/α,β-unsaturated/α-hetero) is 4. The van der Waals surface area contributed by atoms with Gasteiger partial charge in [0.1, 0.15) is 94.6 Å². The second-order valence-corrected chi connectivity index (χ2v) is 28.9. The number of halogens is 4. The Morgan fingerprint density at radius 1 is 0.352 bits per heavy atom. The third kappa shape index (κ3) is 29.2. The number of hydrogen-bond acceptors (Lipinski definition) is 13. The first-order valence-electron chi connectivity index (χ1n) is 39.0. The normalized spacial score (nSPS) is 17.0. The van der Waals surface area contributed by atoms with E-state index in [0.29, 0.717) is 63.8 Å². The summed E-state index contributed by atoms with van der Waals surface area (Å²) >= 11 is 0. The number of ketones is 4. The van der Waals surface area contributed by atoms with E-state index in [1.807, 2.05) is 108 Å². The van der Waals surface area contributed by atoms with E-state index in [4.69, 9.17) is 23.7 Å². The summed E-state index contributed by atoms with van der Waals surface area (Å²) in [6, 6.07) is 61.6. The maximum atomic E-state index is 14.5. The van der Waals surface area contributed by atoms with Crippen LogP contribution in [0.25, 0.3) is 0 Å². The molecule has 0 radical (unpaired) electrons. The second kappa shape index (κ2) is 44.7. The zero-order valence-electron chi connectivity index (χ0n) is 63.7. The van der Waals surface area contributed by atoms with Gasteiger partial charge in [0.25, 0.3) is 0 Å². The van der Waals surface area contributed by atoms with Gasteiger partial charge in [-0.15, -0.1) is 0 Å². The maximum Gasteiger partial charge on any atom is 0.155 e. The predicted octanol–water partition coefficient (Wildman–Crippen LogP) is 19.5. The van der Waals surface area contributed by atoms with Crippen molar-refractivity contribution in [1.82, 2.24) is 0 Å². The zero-order valence-corrected chi connectivity index (χ0v) is 63.7. The number of piperidine rings is 4. The number of rotatable bonds is 32. The molecule has 0 N–H and O–H groups in total. The van der Waals surface area contributed by atoms with Crippen LogP contribution in [0.3, 0.4) is 0 Å². The van der Waals surface area contributed by atoms with Crippen LogP contribution in [-0.2, 0) is 49.6 Å². The quantitative estimate of drug-likeness (QED) is 0.0293. The van der Waals surface area contributed by atoms with Crippen LogP contribution in [0.5, 0.6) is 23.0 Å². The standard InChI is InChI=1S/C23H27F2NO2.2C23H28FNO2.C22H27NO3/c1-17(27)8-5-6-12-21-22(24)14-18(15-23(21)25)26-13-7-11-20(16-26)28-19-9-3-2-4-10-19;1-18(26)5-2-3-6-19-8-12-21(13-9-19)25-16-4-7-23(17-25)27-22-14-10-20(24)11-15-22;1-18(26)8-5-6-9-19-13-14-20(16-23(19)24)25-15-7-12-22(17-25)27-21-10-3-2-4-11-21;1-18(24)17-25-15-13-19-9-11-20(12-10-19)23-14-5-8-22(16-23)26-21-6-3-2-4-7-21/h2-4,9-10,14-15,20H,5-8,11-13,16H2,1H3;8-15,23H,2-7,16-17H2,1H3;2-4,10-11,13-14,16,22H,5-9,12,15,17H2,1H3;2-4,6-7,9-12,22H,5,8,13-17H2,1H3. The molecule has 4 aliphatic rings. The molecular weight excluding hydrogens is 1370 g/mol. The summed E-state index contributed by atoms with van der Waals surface area (Å²) in [7, 11) is 0. The fourth-order valence-corrected chi connectivity index (χ4v) is 14.0. The third-order valence-corrected chi connectivity index (χ3v) is 19.8. The lowest BCUT2D eigenvalue weighted by Crippen LogP contribution is -2.41. The van der Waals surface area contributed by atoms with E-state index in [1.54, 1.807) is 39.0 Å². The van der Waals surface area contributed by atoms with Crippen molar-refractivity contribution in [1.29, 1.82) is 0 Å². The summed E-state index contributed by atoms with van der Waals surface area (Å²) in [5.74, 6) is 2.60. The molecule has 13 nitrogen and oxygen atoms in total. The summed E-state index contributed by atoms with van der Waals surface area (Å²) < 4.78 is 86.2. The molecule has 4 heterocycles. The van der Waals surface area contributed by atoms with Crippen molar-refractivity contribution in [3.63, 3.8) is 0 Å². The molecule has 108 heavy (non-hydrogen) atoms. The first-order chi connectivity index (χ1) is 52.4. The minimum Gasteiger partial charge on any atom is -0.489 e. The molecular formula is C91H110F4N4O9. The molecule has 0 bridgehead atoms. The molecule has 0 saturated carbocycles. The fourth-order valence-electron chi connectivity index (χ4n) is 14.0. The summed E-state index contributed by atoms with van der Waals surface area (Å²) in [6.07, 6.45) is 18.2. The SMILES string of the molecule is CC(=O)CCCCc1c(F)cc(N2CCCC(Oc3ccccc3)C2)cc1F.CC(=O)CCCCc1ccc(N2CCCC(Oc3ccc(F)cc3)C2)cc1.CC(=O)CCCCc1ccc(N2CCCC(Oc3ccccc3)C2)cc1F.CC(=O)COCCc1ccc(N2CCCC(Oc3ccccc3)C2)cc1. The van der Waals surface area contributed by atoms with Gasteiger partial charge in [-0.3, -0.25) is 4.79 Å². The van der Waals surface area contributed by atoms with Crippen molar-refractivity contribution in [2.45, 2.75) is 187 Å². The van der Waals surface area contributed by atoms with E-state index >= 15 is 0 Å². The molecule has 576 valence electrons. The van der Waals surface area contributed by atoms with Gasteiger partial charge in [-0.1, -0.05) is 84.9 Å². The summed E-state index contributed by atoms with van der Waals surface area (Å²) in [6.45, 7) is 14.0. The molecule has 12 rings (SSSR count). The van der Waals surface area contributed by atoms with Crippen molar-refractivity contribution in [3.8, 4) is 23.0 Å². The Labute approximate surface area is 637 Å². The maximum absolute atomic E-state index is 14.5. The molecule has 4 fully saturated rings. The molecule has 4 unspecified atom stereocenters. The molecule has 4 atom stereocenters. The van der Waals surface area contributed by atoms with Crippen molar-refractivity contribution in [2.24, 2.45) is 0 Å². The molecule has 0 amide bonds. The van der Waals surface area contributed by atoms with Crippen LogP contribution in [0.2, 0.25) is 0 Å². The smallest absolute Gasteiger partial charge is 0.155 e. The lowest BCUT2D eigenvalue weighted by atomic mass is 10.0. The number of ether oxygens (including phenoxy) is 5. The van der Waals surface area contributed by atoms with Crippen molar-refractivity contribution in [3.05, 3.63) is 240 Å². The Bertz CT molecular complexity index is 3960. The number of anilines is 4. The number of aryl methyl sites for hydroxylation is 2. The van der Waals surface area contributed by atoms with Crippen LogP contribution in [0.4, 0.5) is 40.3 Å². The Morgan fingerprint density at radius 3 is 1.10 bits per heavy atom. The number of nitrogens with zero attached hydrogens (tertiary/aromatic N) is 4. The van der Waals surface area contributed by atoms with Gasteiger partial charge in [0, 0.05) is 73.8 Å². The highest BCUT2D eigenvalue weighted by atomic mass is 19.1. The fraction of sp³-hybridized carbons (Fsp3) is 0.429. The van der Waals surface area contributed by atoms with Gasteiger partial charge in [-0.25, -0.2) is 17.6 Å². The van der Waals surface area contributed by atoms with Crippen LogP contribution in [0, 0.1) is 23.3 Å². The third-order valence-electron chi connectivity index (χ3n) is 19.8. The van der Waals surface area contributed by atoms with E-state index in [2.05, 4.69) is 63.2 Å². The number of para-hydroxylation sites is 3. The van der Waals surface area contributed by atoms with E-state index < -0.39 is 11.6 Å². The van der Waals surface area contributed by atoms with Gasteiger partial charge >= 0.3 is 0 Å². The van der Waals surface area contributed by atoms with E-state index in [1.165, 1.54) is 53.7 Å². The number of carbonyl (C=O) groups is 4. The van der Waals surface area contributed by atoms with E-state index in [9.17, 15) is 36.7 Å². The lowest BCUT2D eigenvalue weighted by molar-refractivity contribution is -0.121. The molecule has 8 aromatic rings. The lowest BCUT2D eigenvalue weighted by Gasteiger charge is -2.34. The Kier molecular flexibility index (Phi) is 34.2. The second-order valence-electron chi connectivity index (χ2n) is 28.9. The molecule has 0 aliphatic carbocycles. The molecule has 4 aliphatic heterocycles. The van der Waals surface area contributed by atoms with Gasteiger partial charge < -0.3 is 57.7 Å². The van der Waals surface area contributed by atoms with Gasteiger partial charge in [-0.05, 0) is 269 Å². The zero-order chi connectivity index (χ0) is 76.2.